The molecule has 11 aromatic rings. The quantitative estimate of drug-likeness (QED) is 0.112. The molecule has 3 aromatic heterocycles. The van der Waals surface area contributed by atoms with Gasteiger partial charge >= 0.3 is 0 Å². The molecule has 5 nitrogen and oxygen atoms in total. The smallest absolute Gasteiger partial charge is 0.268 e. The molecule has 0 radical (unpaired) electrons. The zero-order chi connectivity index (χ0) is 61.0. The van der Waals surface area contributed by atoms with Gasteiger partial charge in [-0.25, -0.2) is 4.98 Å². The van der Waals surface area contributed by atoms with Crippen LogP contribution in [0.1, 0.15) is 181 Å². The average Bonchev–Trinajstić information content (AvgIpc) is 1.28. The molecular formula is C82H84N4OPt-2. The van der Waals surface area contributed by atoms with Gasteiger partial charge < -0.3 is 13.9 Å². The number of benzene rings is 8. The van der Waals surface area contributed by atoms with Crippen molar-refractivity contribution in [2.75, 3.05) is 0 Å². The van der Waals surface area contributed by atoms with Gasteiger partial charge in [-0.3, -0.25) is 4.57 Å². The Balaban J connectivity index is 0.00000714. The van der Waals surface area contributed by atoms with Crippen LogP contribution in [0.5, 0.6) is 11.5 Å². The van der Waals surface area contributed by atoms with Crippen LogP contribution in [0.25, 0.3) is 83.4 Å². The van der Waals surface area contributed by atoms with E-state index in [1.165, 1.54) is 78.7 Å². The van der Waals surface area contributed by atoms with E-state index in [1.54, 1.807) is 0 Å². The minimum Gasteiger partial charge on any atom is -0.510 e. The topological polar surface area (TPSA) is 35.9 Å². The Morgan fingerprint density at radius 2 is 0.955 bits per heavy atom. The first-order valence-corrected chi connectivity index (χ1v) is 31.9. The van der Waals surface area contributed by atoms with Crippen molar-refractivity contribution in [3.05, 3.63) is 221 Å². The second-order valence-corrected chi connectivity index (χ2v) is 30.9. The van der Waals surface area contributed by atoms with E-state index < -0.39 is 0 Å². The zero-order valence-electron chi connectivity index (χ0n) is 54.3. The fourth-order valence-electron chi connectivity index (χ4n) is 15.1. The number of para-hydroxylation sites is 3. The van der Waals surface area contributed by atoms with Crippen LogP contribution in [0.4, 0.5) is 0 Å². The van der Waals surface area contributed by atoms with E-state index in [0.717, 1.165) is 82.1 Å². The van der Waals surface area contributed by atoms with Crippen molar-refractivity contribution in [2.45, 2.75) is 180 Å². The fraction of sp³-hybridized carbons (Fsp3) is 0.341. The van der Waals surface area contributed by atoms with Crippen molar-refractivity contribution >= 4 is 32.8 Å². The third-order valence-electron chi connectivity index (χ3n) is 21.0. The van der Waals surface area contributed by atoms with Crippen LogP contribution in [-0.4, -0.2) is 14.1 Å². The van der Waals surface area contributed by atoms with Crippen molar-refractivity contribution in [2.24, 2.45) is 0 Å². The molecule has 14 rings (SSSR count). The number of pyridine rings is 1. The molecule has 0 N–H and O–H groups in total. The Bertz CT molecular complexity index is 4510. The van der Waals surface area contributed by atoms with Crippen LogP contribution in [0.2, 0.25) is 0 Å². The maximum atomic E-state index is 6.86. The summed E-state index contributed by atoms with van der Waals surface area (Å²) in [5.41, 5.74) is 23.4. The van der Waals surface area contributed by atoms with E-state index in [2.05, 4.69) is 282 Å². The van der Waals surface area contributed by atoms with Crippen LogP contribution >= 0.6 is 0 Å². The Morgan fingerprint density at radius 3 is 1.52 bits per heavy atom. The molecule has 0 unspecified atom stereocenters. The third kappa shape index (κ3) is 10.0. The number of nitrogens with zero attached hydrogens (tertiary/aromatic N) is 4. The summed E-state index contributed by atoms with van der Waals surface area (Å²) >= 11 is 0. The summed E-state index contributed by atoms with van der Waals surface area (Å²) in [5, 5.41) is 2.23. The Labute approximate surface area is 537 Å². The van der Waals surface area contributed by atoms with Crippen LogP contribution in [0.15, 0.2) is 164 Å². The van der Waals surface area contributed by atoms with E-state index in [9.17, 15) is 0 Å². The van der Waals surface area contributed by atoms with Crippen LogP contribution < -0.4 is 9.30 Å². The molecule has 0 aliphatic heterocycles. The van der Waals surface area contributed by atoms with Crippen molar-refractivity contribution in [3.63, 3.8) is 0 Å². The van der Waals surface area contributed by atoms with Gasteiger partial charge in [0.15, 0.2) is 0 Å². The molecule has 0 bridgehead atoms. The fourth-order valence-corrected chi connectivity index (χ4v) is 15.1. The van der Waals surface area contributed by atoms with Gasteiger partial charge in [0.05, 0.1) is 16.7 Å². The molecule has 3 heterocycles. The summed E-state index contributed by atoms with van der Waals surface area (Å²) in [6.07, 6.45) is 12.9. The Kier molecular flexibility index (Phi) is 14.1. The molecular weight excluding hydrogens is 1250 g/mol. The molecule has 3 aliphatic carbocycles. The van der Waals surface area contributed by atoms with Gasteiger partial charge in [-0.2, -0.15) is 18.2 Å². The molecule has 3 aliphatic rings. The minimum absolute atomic E-state index is 0. The van der Waals surface area contributed by atoms with Gasteiger partial charge in [-0.15, -0.1) is 29.7 Å². The van der Waals surface area contributed by atoms with Crippen LogP contribution in [0.3, 0.4) is 0 Å². The number of imidazole rings is 1. The number of hydrogen-bond acceptors (Lipinski definition) is 2. The summed E-state index contributed by atoms with van der Waals surface area (Å²) in [4.78, 5) is 4.93. The maximum Gasteiger partial charge on any atom is 0.268 e. The van der Waals surface area contributed by atoms with Gasteiger partial charge in [0.2, 0.25) is 0 Å². The first kappa shape index (κ1) is 59.6. The first-order chi connectivity index (χ1) is 41.2. The summed E-state index contributed by atoms with van der Waals surface area (Å²) in [5.74, 6) is 2.03. The summed E-state index contributed by atoms with van der Waals surface area (Å²) in [6.45, 7) is 36.0. The molecule has 88 heavy (non-hydrogen) atoms. The monoisotopic (exact) mass is 1340 g/mol. The van der Waals surface area contributed by atoms with E-state index in [1.807, 2.05) is 18.3 Å². The van der Waals surface area contributed by atoms with Crippen molar-refractivity contribution in [1.29, 1.82) is 0 Å². The predicted molar refractivity (Wildman–Crippen MR) is 361 cm³/mol. The molecule has 450 valence electrons. The number of aromatic nitrogens is 4. The maximum absolute atomic E-state index is 6.86. The van der Waals surface area contributed by atoms with Gasteiger partial charge in [-0.1, -0.05) is 206 Å². The molecule has 0 fully saturated rings. The van der Waals surface area contributed by atoms with Gasteiger partial charge in [0.25, 0.3) is 6.33 Å². The van der Waals surface area contributed by atoms with E-state index in [4.69, 9.17) is 9.72 Å². The van der Waals surface area contributed by atoms with Gasteiger partial charge in [-0.05, 0) is 190 Å². The first-order valence-electron chi connectivity index (χ1n) is 31.9. The van der Waals surface area contributed by atoms with E-state index >= 15 is 0 Å². The minimum atomic E-state index is -0.0446. The van der Waals surface area contributed by atoms with Gasteiger partial charge in [0, 0.05) is 44.3 Å². The molecule has 8 aromatic carbocycles. The zero-order valence-corrected chi connectivity index (χ0v) is 56.6. The van der Waals surface area contributed by atoms with E-state index in [0.29, 0.717) is 11.5 Å². The molecule has 6 heteroatoms. The summed E-state index contributed by atoms with van der Waals surface area (Å²) < 4.78 is 13.6. The predicted octanol–water partition coefficient (Wildman–Crippen LogP) is 20.9. The van der Waals surface area contributed by atoms with Crippen molar-refractivity contribution in [1.82, 2.24) is 14.1 Å². The normalized spacial score (nSPS) is 17.7. The number of ether oxygens (including phenoxy) is 1. The number of hydrogen-bond donors (Lipinski definition) is 0. The summed E-state index contributed by atoms with van der Waals surface area (Å²) in [7, 11) is 0. The number of fused-ring (bicyclic) bond motifs is 7. The molecule has 0 atom stereocenters. The van der Waals surface area contributed by atoms with Gasteiger partial charge in [0.1, 0.15) is 5.82 Å². The standard InChI is InChI=1S/C82H84N4O.Pt/c1-76(2,3)56-35-42-83-74(48-56)86-70-24-17-16-23-60(70)61-31-30-59(50-73(61)86)87-58-22-20-21-57(49-58)84-51-85(72-26-19-18-25-71(72)84)75-62(53-28-33-65-68(46-53)81(12,13)40-37-78(65,6)7)43-55(52-27-32-64-67(45-52)80(10,11)39-36-77(64,4)5)44-63(75)54-29-34-66-69(47-54)82(14,15)41-38-79(66,8)9;/h16-35,42-48H,36-41H2,1-15H3;/q-2;. The Morgan fingerprint density at radius 1 is 0.455 bits per heavy atom. The molecule has 0 saturated carbocycles. The average molecular weight is 1340 g/mol. The Hall–Kier alpha value is -7.33. The molecule has 0 spiro atoms. The SMILES string of the molecule is CC(C)(C)c1ccnc(-n2c3[c-]c(Oc4[c-]c(-n5[c-][n+](-c6c(-c7ccc8c(c7)C(C)(C)CCC8(C)C)cc(-c7ccc8c(c7)C(C)(C)CCC8(C)C)cc6-c6ccc7c(c6)C(C)(C)CCC7(C)C)c6ccccc65)ccc4)ccc3c3ccccc32)c1.[Pt]. The largest absolute Gasteiger partial charge is 0.510 e. The molecule has 0 amide bonds. The van der Waals surface area contributed by atoms with Crippen molar-refractivity contribution in [3.8, 4) is 62.1 Å². The molecule has 0 saturated heterocycles. The second-order valence-electron chi connectivity index (χ2n) is 30.9. The third-order valence-corrected chi connectivity index (χ3v) is 21.0. The summed E-state index contributed by atoms with van der Waals surface area (Å²) in [6, 6.07) is 66.7. The second kappa shape index (κ2) is 20.9. The van der Waals surface area contributed by atoms with Crippen molar-refractivity contribution < 1.29 is 30.4 Å². The number of rotatable bonds is 8. The van der Waals surface area contributed by atoms with Crippen LogP contribution in [0, 0.1) is 18.5 Å². The van der Waals surface area contributed by atoms with E-state index in [-0.39, 0.29) is 59.0 Å². The van der Waals surface area contributed by atoms with Crippen LogP contribution in [-0.2, 0) is 59.0 Å².